The van der Waals surface area contributed by atoms with Gasteiger partial charge in [0.05, 0.1) is 0 Å². The van der Waals surface area contributed by atoms with Crippen molar-refractivity contribution < 1.29 is 0 Å². The quantitative estimate of drug-likeness (QED) is 0.221. The molecule has 0 aromatic rings. The lowest BCUT2D eigenvalue weighted by Crippen LogP contribution is -2.02. The lowest BCUT2D eigenvalue weighted by Gasteiger charge is -2.17. The molecule has 0 rings (SSSR count). The van der Waals surface area contributed by atoms with Crippen LogP contribution in [0.15, 0.2) is 59.3 Å². The third kappa shape index (κ3) is 16.5. The average molecular weight is 413 g/mol. The smallest absolute Gasteiger partial charge is 0.0134 e. The highest BCUT2D eigenvalue weighted by molar-refractivity contribution is 5.15. The summed E-state index contributed by atoms with van der Waals surface area (Å²) in [6, 6.07) is 0. The topological polar surface area (TPSA) is 0 Å². The normalized spacial score (nSPS) is 15.3. The molecule has 0 saturated heterocycles. The molecule has 2 atom stereocenters. The van der Waals surface area contributed by atoms with Crippen molar-refractivity contribution in [2.45, 2.75) is 113 Å². The summed E-state index contributed by atoms with van der Waals surface area (Å²) in [5.74, 6) is 2.06. The fourth-order valence-corrected chi connectivity index (χ4v) is 3.57. The van der Waals surface area contributed by atoms with Crippen molar-refractivity contribution >= 4 is 0 Å². The maximum atomic E-state index is 3.95. The minimum absolute atomic E-state index is 0.562. The van der Waals surface area contributed by atoms with Gasteiger partial charge in [-0.2, -0.15) is 0 Å². The van der Waals surface area contributed by atoms with Crippen molar-refractivity contribution in [3.8, 4) is 0 Å². The maximum absolute atomic E-state index is 3.95. The number of rotatable bonds is 16. The summed E-state index contributed by atoms with van der Waals surface area (Å²) in [7, 11) is 0. The fraction of sp³-hybridized carbons (Fsp3) is 0.667. The van der Waals surface area contributed by atoms with Gasteiger partial charge in [-0.05, 0) is 90.4 Å². The zero-order valence-electron chi connectivity index (χ0n) is 21.7. The van der Waals surface area contributed by atoms with Crippen LogP contribution in [0.4, 0.5) is 0 Å². The van der Waals surface area contributed by atoms with E-state index in [1.54, 1.807) is 5.57 Å². The van der Waals surface area contributed by atoms with Crippen molar-refractivity contribution in [1.29, 1.82) is 0 Å². The third-order valence-corrected chi connectivity index (χ3v) is 6.01. The van der Waals surface area contributed by atoms with Gasteiger partial charge in [-0.15, -0.1) is 6.58 Å². The van der Waals surface area contributed by atoms with E-state index in [-0.39, 0.29) is 0 Å². The monoisotopic (exact) mass is 412 g/mol. The van der Waals surface area contributed by atoms with E-state index in [1.165, 1.54) is 61.7 Å². The van der Waals surface area contributed by atoms with Crippen LogP contribution in [-0.4, -0.2) is 0 Å². The highest BCUT2D eigenvalue weighted by atomic mass is 14.1. The van der Waals surface area contributed by atoms with Crippen LogP contribution >= 0.6 is 0 Å². The molecule has 0 heteroatoms. The van der Waals surface area contributed by atoms with Crippen LogP contribution in [0.5, 0.6) is 0 Å². The second-order valence-electron chi connectivity index (χ2n) is 10.1. The van der Waals surface area contributed by atoms with Gasteiger partial charge in [0.1, 0.15) is 0 Å². The second kappa shape index (κ2) is 17.4. The summed E-state index contributed by atoms with van der Waals surface area (Å²) in [5.41, 5.74) is 6.10. The van der Waals surface area contributed by atoms with E-state index in [0.29, 0.717) is 11.8 Å². The highest BCUT2D eigenvalue weighted by Gasteiger charge is 2.09. The number of allylic oxidation sites excluding steroid dienone is 9. The van der Waals surface area contributed by atoms with Crippen molar-refractivity contribution in [2.24, 2.45) is 17.8 Å². The predicted octanol–water partition coefficient (Wildman–Crippen LogP) is 10.4. The largest absolute Gasteiger partial charge is 0.103 e. The summed E-state index contributed by atoms with van der Waals surface area (Å²) < 4.78 is 0. The van der Waals surface area contributed by atoms with Crippen LogP contribution < -0.4 is 0 Å². The van der Waals surface area contributed by atoms with Crippen molar-refractivity contribution in [3.63, 3.8) is 0 Å². The van der Waals surface area contributed by atoms with Gasteiger partial charge in [0.2, 0.25) is 0 Å². The summed E-state index contributed by atoms with van der Waals surface area (Å²) in [6.07, 6.45) is 22.8. The lowest BCUT2D eigenvalue weighted by molar-refractivity contribution is 0.487. The third-order valence-electron chi connectivity index (χ3n) is 6.01. The Morgan fingerprint density at radius 2 is 1.37 bits per heavy atom. The molecule has 2 unspecified atom stereocenters. The van der Waals surface area contributed by atoms with Crippen LogP contribution in [-0.2, 0) is 0 Å². The molecule has 0 saturated carbocycles. The molecule has 30 heavy (non-hydrogen) atoms. The van der Waals surface area contributed by atoms with Crippen molar-refractivity contribution in [3.05, 3.63) is 59.3 Å². The molecular weight excluding hydrogens is 360 g/mol. The number of hydrogen-bond donors (Lipinski definition) is 0. The Kier molecular flexibility index (Phi) is 16.6. The van der Waals surface area contributed by atoms with Gasteiger partial charge < -0.3 is 0 Å². The predicted molar refractivity (Wildman–Crippen MR) is 140 cm³/mol. The molecule has 0 amide bonds. The maximum Gasteiger partial charge on any atom is -0.0134 e. The van der Waals surface area contributed by atoms with Gasteiger partial charge in [0.25, 0.3) is 0 Å². The highest BCUT2D eigenvalue weighted by Crippen LogP contribution is 2.25. The van der Waals surface area contributed by atoms with E-state index in [9.17, 15) is 0 Å². The summed E-state index contributed by atoms with van der Waals surface area (Å²) in [4.78, 5) is 0. The molecule has 0 heterocycles. The van der Waals surface area contributed by atoms with Gasteiger partial charge in [0, 0.05) is 0 Å². The van der Waals surface area contributed by atoms with E-state index < -0.39 is 0 Å². The van der Waals surface area contributed by atoms with Crippen molar-refractivity contribution in [2.75, 3.05) is 0 Å². The minimum Gasteiger partial charge on any atom is -0.103 e. The zero-order valence-corrected chi connectivity index (χ0v) is 21.7. The van der Waals surface area contributed by atoms with Crippen LogP contribution in [0.1, 0.15) is 113 Å². The van der Waals surface area contributed by atoms with E-state index in [1.807, 2.05) is 0 Å². The fourth-order valence-electron chi connectivity index (χ4n) is 3.57. The van der Waals surface area contributed by atoms with E-state index >= 15 is 0 Å². The molecule has 0 fully saturated rings. The van der Waals surface area contributed by atoms with Gasteiger partial charge in [-0.25, -0.2) is 0 Å². The van der Waals surface area contributed by atoms with E-state index in [0.717, 1.165) is 18.8 Å². The van der Waals surface area contributed by atoms with Crippen LogP contribution in [0, 0.1) is 17.8 Å². The Balaban J connectivity index is 4.74. The van der Waals surface area contributed by atoms with E-state index in [4.69, 9.17) is 0 Å². The molecule has 0 N–H and O–H groups in total. The molecule has 0 radical (unpaired) electrons. The minimum atomic E-state index is 0.562. The summed E-state index contributed by atoms with van der Waals surface area (Å²) in [5, 5.41) is 0. The average Bonchev–Trinajstić information content (AvgIpc) is 2.66. The first kappa shape index (κ1) is 28.7. The van der Waals surface area contributed by atoms with Crippen LogP contribution in [0.2, 0.25) is 0 Å². The molecule has 0 aliphatic rings. The van der Waals surface area contributed by atoms with Gasteiger partial charge in [-0.3, -0.25) is 0 Å². The molecule has 0 aliphatic heterocycles. The summed E-state index contributed by atoms with van der Waals surface area (Å²) in [6.45, 7) is 22.2. The SMILES string of the molecule is C=CC(C)CC=C(C/C=C(\C)CC/C=C(\C)CCC=C(C)C)C(C)CCCC(C)C. The molecule has 0 nitrogen and oxygen atoms in total. The number of hydrogen-bond acceptors (Lipinski definition) is 0. The Morgan fingerprint density at radius 1 is 0.767 bits per heavy atom. The second-order valence-corrected chi connectivity index (χ2v) is 10.1. The molecule has 0 spiro atoms. The van der Waals surface area contributed by atoms with Gasteiger partial charge in [0.15, 0.2) is 0 Å². The van der Waals surface area contributed by atoms with Crippen LogP contribution in [0.25, 0.3) is 0 Å². The Morgan fingerprint density at radius 3 is 1.93 bits per heavy atom. The molecule has 0 aliphatic carbocycles. The first-order valence-corrected chi connectivity index (χ1v) is 12.4. The molecule has 172 valence electrons. The first-order valence-electron chi connectivity index (χ1n) is 12.4. The zero-order chi connectivity index (χ0) is 22.9. The molecule has 0 aromatic heterocycles. The summed E-state index contributed by atoms with van der Waals surface area (Å²) >= 11 is 0. The van der Waals surface area contributed by atoms with Crippen LogP contribution in [0.3, 0.4) is 0 Å². The Hall–Kier alpha value is -1.30. The Bertz CT molecular complexity index is 575. The molecular formula is C30H52. The molecule has 0 bridgehead atoms. The van der Waals surface area contributed by atoms with Gasteiger partial charge >= 0.3 is 0 Å². The standard InChI is InChI=1S/C30H52/c1-10-26(6)20-22-30(29(9)19-12-15-25(4)5)23-21-28(8)18-13-17-27(7)16-11-14-24(2)3/h10,14,17,21-22,25-26,29H,1,11-13,15-16,18-20,23H2,2-9H3/b27-17+,28-21+,30-22?. The van der Waals surface area contributed by atoms with Crippen molar-refractivity contribution in [1.82, 2.24) is 0 Å². The van der Waals surface area contributed by atoms with E-state index in [2.05, 4.69) is 92.3 Å². The Labute approximate surface area is 190 Å². The van der Waals surface area contributed by atoms with Gasteiger partial charge in [-0.1, -0.05) is 93.2 Å². The first-order chi connectivity index (χ1) is 14.1. The lowest BCUT2D eigenvalue weighted by atomic mass is 9.89. The molecule has 0 aromatic carbocycles.